The molecular formula is C19H11I4NO4S. The Labute approximate surface area is 225 Å². The number of carboxylic acid groups (broad SMARTS) is 1. The van der Waals surface area contributed by atoms with Crippen molar-refractivity contribution in [2.45, 2.75) is 0 Å². The molecule has 3 aromatic rings. The largest absolute Gasteiger partial charge is 0.495 e. The molecule has 0 aliphatic carbocycles. The Hall–Kier alpha value is -0.200. The molecule has 1 aromatic heterocycles. The van der Waals surface area contributed by atoms with E-state index in [1.807, 2.05) is 30.3 Å². The molecule has 0 unspecified atom stereocenters. The van der Waals surface area contributed by atoms with Gasteiger partial charge in [0.15, 0.2) is 0 Å². The van der Waals surface area contributed by atoms with Crippen molar-refractivity contribution in [3.8, 4) is 16.9 Å². The van der Waals surface area contributed by atoms with E-state index in [0.29, 0.717) is 25.4 Å². The highest BCUT2D eigenvalue weighted by Crippen LogP contribution is 2.38. The summed E-state index contributed by atoms with van der Waals surface area (Å²) >= 11 is 9.74. The summed E-state index contributed by atoms with van der Waals surface area (Å²) in [5.41, 5.74) is 1.93. The van der Waals surface area contributed by atoms with E-state index in [2.05, 4.69) is 95.7 Å². The number of thiophene rings is 1. The van der Waals surface area contributed by atoms with Crippen LogP contribution in [0, 0.1) is 14.3 Å². The van der Waals surface area contributed by atoms with Crippen LogP contribution >= 0.6 is 102 Å². The van der Waals surface area contributed by atoms with Crippen molar-refractivity contribution in [3.63, 3.8) is 0 Å². The fourth-order valence-corrected chi connectivity index (χ4v) is 8.25. The predicted molar refractivity (Wildman–Crippen MR) is 149 cm³/mol. The number of benzene rings is 2. The van der Waals surface area contributed by atoms with Crippen LogP contribution in [-0.4, -0.2) is 24.1 Å². The van der Waals surface area contributed by atoms with Crippen LogP contribution in [0.15, 0.2) is 35.7 Å². The van der Waals surface area contributed by atoms with Gasteiger partial charge in [-0.15, -0.1) is 11.3 Å². The molecule has 10 heteroatoms. The normalized spacial score (nSPS) is 10.7. The topological polar surface area (TPSA) is 75.6 Å². The zero-order chi connectivity index (χ0) is 21.3. The van der Waals surface area contributed by atoms with Crippen molar-refractivity contribution < 1.29 is 19.4 Å². The van der Waals surface area contributed by atoms with Gasteiger partial charge < -0.3 is 15.2 Å². The van der Waals surface area contributed by atoms with Gasteiger partial charge >= 0.3 is 5.97 Å². The lowest BCUT2D eigenvalue weighted by Crippen LogP contribution is -2.17. The number of rotatable bonds is 5. The first kappa shape index (κ1) is 23.5. The summed E-state index contributed by atoms with van der Waals surface area (Å²) in [5.74, 6) is -0.826. The maximum Gasteiger partial charge on any atom is 0.339 e. The summed E-state index contributed by atoms with van der Waals surface area (Å²) in [6, 6.07) is 9.44. The SMILES string of the molecule is COc1c(I)cc(I)c(C(=O)Nc2scc(-c3ccc(I)cc3)c2C(=O)O)c1I. The number of hydrogen-bond donors (Lipinski definition) is 2. The standard InChI is InChI=1S/C19H11I4NO4S/c1-28-16-12(22)6-11(21)14(15(16)23)17(25)24-18-13(19(26)27)10(7-29-18)8-2-4-9(20)5-3-8/h2-7H,1H3,(H,24,25)(H,26,27). The fraction of sp³-hybridized carbons (Fsp3) is 0.0526. The van der Waals surface area contributed by atoms with E-state index >= 15 is 0 Å². The number of carbonyl (C=O) groups excluding carboxylic acids is 1. The van der Waals surface area contributed by atoms with E-state index in [1.54, 1.807) is 12.5 Å². The molecular weight excluding hydrogens is 846 g/mol. The lowest BCUT2D eigenvalue weighted by atomic mass is 10.0. The van der Waals surface area contributed by atoms with Gasteiger partial charge in [-0.2, -0.15) is 0 Å². The molecule has 150 valence electrons. The Balaban J connectivity index is 2.02. The summed E-state index contributed by atoms with van der Waals surface area (Å²) in [6.07, 6.45) is 0. The van der Waals surface area contributed by atoms with Gasteiger partial charge in [-0.1, -0.05) is 12.1 Å². The minimum Gasteiger partial charge on any atom is -0.495 e. The van der Waals surface area contributed by atoms with E-state index in [9.17, 15) is 14.7 Å². The van der Waals surface area contributed by atoms with Gasteiger partial charge in [0, 0.05) is 18.1 Å². The van der Waals surface area contributed by atoms with Gasteiger partial charge in [0.2, 0.25) is 0 Å². The van der Waals surface area contributed by atoms with Crippen LogP contribution in [0.5, 0.6) is 5.75 Å². The van der Waals surface area contributed by atoms with Crippen LogP contribution in [-0.2, 0) is 0 Å². The third-order valence-electron chi connectivity index (χ3n) is 3.95. The number of amides is 1. The average molecular weight is 857 g/mol. The minimum atomic E-state index is -1.08. The summed E-state index contributed by atoms with van der Waals surface area (Å²) in [6.45, 7) is 0. The third-order valence-corrected chi connectivity index (χ3v) is 8.24. The van der Waals surface area contributed by atoms with Gasteiger partial charge in [-0.3, -0.25) is 4.79 Å². The molecule has 0 aliphatic heterocycles. The lowest BCUT2D eigenvalue weighted by molar-refractivity contribution is 0.0699. The number of nitrogens with one attached hydrogen (secondary N) is 1. The number of methoxy groups -OCH3 is 1. The number of carboxylic acids is 1. The Morgan fingerprint density at radius 1 is 1.03 bits per heavy atom. The number of anilines is 1. The molecule has 29 heavy (non-hydrogen) atoms. The molecule has 5 nitrogen and oxygen atoms in total. The summed E-state index contributed by atoms with van der Waals surface area (Å²) in [7, 11) is 1.56. The van der Waals surface area contributed by atoms with Crippen molar-refractivity contribution >= 4 is 119 Å². The number of ether oxygens (including phenoxy) is 1. The van der Waals surface area contributed by atoms with Gasteiger partial charge in [-0.05, 0) is 114 Å². The first-order chi connectivity index (χ1) is 13.7. The lowest BCUT2D eigenvalue weighted by Gasteiger charge is -2.13. The van der Waals surface area contributed by atoms with Crippen molar-refractivity contribution in [1.82, 2.24) is 0 Å². The van der Waals surface area contributed by atoms with Crippen LogP contribution in [0.2, 0.25) is 0 Å². The maximum atomic E-state index is 13.0. The molecule has 1 heterocycles. The molecule has 2 aromatic carbocycles. The molecule has 0 bridgehead atoms. The molecule has 0 atom stereocenters. The fourth-order valence-electron chi connectivity index (χ4n) is 2.64. The molecule has 0 aliphatic rings. The van der Waals surface area contributed by atoms with Gasteiger partial charge in [-0.25, -0.2) is 4.79 Å². The van der Waals surface area contributed by atoms with Crippen LogP contribution in [0.25, 0.3) is 11.1 Å². The molecule has 1 amide bonds. The molecule has 0 saturated heterocycles. The molecule has 0 fully saturated rings. The average Bonchev–Trinajstić information content (AvgIpc) is 3.06. The summed E-state index contributed by atoms with van der Waals surface area (Å²) in [5, 5.41) is 14.6. The van der Waals surface area contributed by atoms with Crippen LogP contribution in [0.1, 0.15) is 20.7 Å². The molecule has 2 N–H and O–H groups in total. The monoisotopic (exact) mass is 857 g/mol. The van der Waals surface area contributed by atoms with Crippen LogP contribution in [0.4, 0.5) is 5.00 Å². The Bertz CT molecular complexity index is 1110. The third kappa shape index (κ3) is 5.01. The number of halogens is 4. The summed E-state index contributed by atoms with van der Waals surface area (Å²) in [4.78, 5) is 25.0. The minimum absolute atomic E-state index is 0.0899. The predicted octanol–water partition coefficient (Wildman–Crippen LogP) is 6.79. The number of hydrogen-bond acceptors (Lipinski definition) is 4. The Kier molecular flexibility index (Phi) is 8.05. The Morgan fingerprint density at radius 2 is 1.69 bits per heavy atom. The van der Waals surface area contributed by atoms with Crippen LogP contribution < -0.4 is 10.1 Å². The highest BCUT2D eigenvalue weighted by atomic mass is 127. The quantitative estimate of drug-likeness (QED) is 0.278. The van der Waals surface area contributed by atoms with Gasteiger partial charge in [0.05, 0.1) is 19.8 Å². The second kappa shape index (κ2) is 9.95. The maximum absolute atomic E-state index is 13.0. The molecule has 0 spiro atoms. The number of carbonyl (C=O) groups is 2. The highest BCUT2D eigenvalue weighted by molar-refractivity contribution is 14.1. The van der Waals surface area contributed by atoms with E-state index in [4.69, 9.17) is 4.74 Å². The van der Waals surface area contributed by atoms with E-state index in [-0.39, 0.29) is 11.5 Å². The Morgan fingerprint density at radius 3 is 2.28 bits per heavy atom. The molecule has 0 radical (unpaired) electrons. The number of aromatic carboxylic acids is 1. The highest BCUT2D eigenvalue weighted by Gasteiger charge is 2.25. The van der Waals surface area contributed by atoms with Crippen molar-refractivity contribution in [2.24, 2.45) is 0 Å². The second-order valence-electron chi connectivity index (χ2n) is 5.68. The smallest absolute Gasteiger partial charge is 0.339 e. The second-order valence-corrected chi connectivity index (χ2v) is 11.2. The molecule has 0 saturated carbocycles. The zero-order valence-electron chi connectivity index (χ0n) is 14.6. The van der Waals surface area contributed by atoms with Crippen LogP contribution in [0.3, 0.4) is 0 Å². The van der Waals surface area contributed by atoms with Gasteiger partial charge in [0.25, 0.3) is 5.91 Å². The summed E-state index contributed by atoms with van der Waals surface area (Å²) < 4.78 is 8.83. The van der Waals surface area contributed by atoms with E-state index in [1.165, 1.54) is 11.3 Å². The zero-order valence-corrected chi connectivity index (χ0v) is 24.0. The van der Waals surface area contributed by atoms with Gasteiger partial charge in [0.1, 0.15) is 16.3 Å². The van der Waals surface area contributed by atoms with E-state index in [0.717, 1.165) is 16.3 Å². The first-order valence-corrected chi connectivity index (χ1v) is 13.1. The van der Waals surface area contributed by atoms with Crippen molar-refractivity contribution in [1.29, 1.82) is 0 Å². The first-order valence-electron chi connectivity index (χ1n) is 7.88. The molecule has 3 rings (SSSR count). The van der Waals surface area contributed by atoms with Crippen molar-refractivity contribution in [2.75, 3.05) is 12.4 Å². The van der Waals surface area contributed by atoms with E-state index < -0.39 is 5.97 Å². The van der Waals surface area contributed by atoms with Crippen molar-refractivity contribution in [3.05, 3.63) is 61.1 Å².